The quantitative estimate of drug-likeness (QED) is 0.609. The Balaban J connectivity index is 2.55. The number of nitrogens with zero attached hydrogens (tertiary/aromatic N) is 2. The van der Waals surface area contributed by atoms with Crippen molar-refractivity contribution < 1.29 is 24.0 Å². The van der Waals surface area contributed by atoms with Gasteiger partial charge in [0.05, 0.1) is 23.0 Å². The largest absolute Gasteiger partial charge is 0.481 e. The lowest BCUT2D eigenvalue weighted by Crippen LogP contribution is -2.05. The van der Waals surface area contributed by atoms with Gasteiger partial charge in [-0.15, -0.1) is 0 Å². The molecule has 0 radical (unpaired) electrons. The van der Waals surface area contributed by atoms with E-state index in [1.165, 1.54) is 18.2 Å². The summed E-state index contributed by atoms with van der Waals surface area (Å²) in [6, 6.07) is 8.02. The van der Waals surface area contributed by atoms with Gasteiger partial charge in [0.15, 0.2) is 5.82 Å². The molecule has 0 spiro atoms. The molecule has 0 aromatic heterocycles. The number of nitriles is 1. The number of benzene rings is 2. The van der Waals surface area contributed by atoms with E-state index in [1.807, 2.05) is 6.07 Å². The van der Waals surface area contributed by atoms with Crippen LogP contribution in [0.1, 0.15) is 11.1 Å². The summed E-state index contributed by atoms with van der Waals surface area (Å²) in [6.45, 7) is 0. The van der Waals surface area contributed by atoms with E-state index in [2.05, 4.69) is 15.9 Å². The first-order valence-corrected chi connectivity index (χ1v) is 7.17. The van der Waals surface area contributed by atoms with E-state index in [0.29, 0.717) is 4.47 Å². The van der Waals surface area contributed by atoms with Crippen molar-refractivity contribution >= 4 is 27.6 Å². The normalized spacial score (nSPS) is 10.0. The first-order valence-electron chi connectivity index (χ1n) is 6.38. The number of halogens is 2. The van der Waals surface area contributed by atoms with Gasteiger partial charge in [-0.25, -0.2) is 4.39 Å². The van der Waals surface area contributed by atoms with Gasteiger partial charge >= 0.3 is 11.7 Å². The molecule has 0 saturated carbocycles. The van der Waals surface area contributed by atoms with E-state index in [9.17, 15) is 19.3 Å². The number of ether oxygens (including phenoxy) is 1. The average molecular weight is 395 g/mol. The van der Waals surface area contributed by atoms with Crippen molar-refractivity contribution in [2.75, 3.05) is 0 Å². The zero-order chi connectivity index (χ0) is 17.9. The zero-order valence-corrected chi connectivity index (χ0v) is 13.4. The van der Waals surface area contributed by atoms with Gasteiger partial charge in [-0.1, -0.05) is 15.9 Å². The second-order valence-corrected chi connectivity index (χ2v) is 5.52. The summed E-state index contributed by atoms with van der Waals surface area (Å²) >= 11 is 3.14. The first-order chi connectivity index (χ1) is 11.3. The predicted octanol–water partition coefficient (Wildman–Crippen LogP) is 3.79. The number of carbonyl (C=O) groups is 1. The minimum absolute atomic E-state index is 0.00426. The van der Waals surface area contributed by atoms with Crippen LogP contribution < -0.4 is 4.74 Å². The molecule has 2 aromatic rings. The Morgan fingerprint density at radius 2 is 2.12 bits per heavy atom. The summed E-state index contributed by atoms with van der Waals surface area (Å²) in [6.07, 6.45) is -0.651. The molecule has 2 aromatic carbocycles. The molecule has 0 atom stereocenters. The van der Waals surface area contributed by atoms with Crippen molar-refractivity contribution in [3.05, 3.63) is 61.9 Å². The Kier molecular flexibility index (Phi) is 5.11. The molecule has 0 aliphatic rings. The van der Waals surface area contributed by atoms with Gasteiger partial charge in [0, 0.05) is 16.1 Å². The second-order valence-electron chi connectivity index (χ2n) is 4.60. The summed E-state index contributed by atoms with van der Waals surface area (Å²) in [5, 5.41) is 28.8. The molecule has 0 aliphatic carbocycles. The Hall–Kier alpha value is -2.99. The van der Waals surface area contributed by atoms with Crippen molar-refractivity contribution in [3.8, 4) is 17.6 Å². The topological polar surface area (TPSA) is 113 Å². The molecule has 9 heteroatoms. The zero-order valence-electron chi connectivity index (χ0n) is 11.8. The fourth-order valence-corrected chi connectivity index (χ4v) is 2.40. The Morgan fingerprint density at radius 3 is 2.71 bits per heavy atom. The monoisotopic (exact) mass is 394 g/mol. The number of carboxylic acid groups (broad SMARTS) is 1. The van der Waals surface area contributed by atoms with Crippen LogP contribution in [0.15, 0.2) is 34.8 Å². The molecule has 24 heavy (non-hydrogen) atoms. The number of rotatable bonds is 5. The summed E-state index contributed by atoms with van der Waals surface area (Å²) in [4.78, 5) is 21.0. The highest BCUT2D eigenvalue weighted by Gasteiger charge is 2.24. The predicted molar refractivity (Wildman–Crippen MR) is 83.3 cm³/mol. The van der Waals surface area contributed by atoms with Crippen molar-refractivity contribution in [1.29, 1.82) is 5.26 Å². The van der Waals surface area contributed by atoms with Crippen LogP contribution in [0.3, 0.4) is 0 Å². The molecule has 7 nitrogen and oxygen atoms in total. The van der Waals surface area contributed by atoms with Crippen LogP contribution in [-0.2, 0) is 11.2 Å². The first kappa shape index (κ1) is 17.4. The highest BCUT2D eigenvalue weighted by atomic mass is 79.9. The molecule has 2 rings (SSSR count). The van der Waals surface area contributed by atoms with Crippen molar-refractivity contribution in [2.45, 2.75) is 6.42 Å². The van der Waals surface area contributed by atoms with E-state index in [-0.39, 0.29) is 16.9 Å². The molecule has 0 aliphatic heterocycles. The van der Waals surface area contributed by atoms with E-state index in [0.717, 1.165) is 12.1 Å². The standard InChI is InChI=1S/C15H8BrFN2O5/c16-10-3-8(7-18)4-11(6-10)24-15-12(19(22)23)2-1-9(14(15)17)5-13(20)21/h1-4,6H,5H2,(H,20,21). The minimum atomic E-state index is -1.29. The number of nitro groups is 1. The summed E-state index contributed by atoms with van der Waals surface area (Å²) < 4.78 is 20.2. The third-order valence-corrected chi connectivity index (χ3v) is 3.37. The summed E-state index contributed by atoms with van der Waals surface area (Å²) in [7, 11) is 0. The maximum atomic E-state index is 14.5. The van der Waals surface area contributed by atoms with Gasteiger partial charge in [-0.3, -0.25) is 14.9 Å². The van der Waals surface area contributed by atoms with Gasteiger partial charge in [-0.05, 0) is 24.3 Å². The van der Waals surface area contributed by atoms with Crippen LogP contribution in [0.5, 0.6) is 11.5 Å². The fourth-order valence-electron chi connectivity index (χ4n) is 1.93. The molecule has 0 bridgehead atoms. The molecule has 0 heterocycles. The van der Waals surface area contributed by atoms with E-state index in [4.69, 9.17) is 15.1 Å². The average Bonchev–Trinajstić information content (AvgIpc) is 2.50. The van der Waals surface area contributed by atoms with Crippen molar-refractivity contribution in [3.63, 3.8) is 0 Å². The minimum Gasteiger partial charge on any atom is -0.481 e. The fraction of sp³-hybridized carbons (Fsp3) is 0.0667. The van der Waals surface area contributed by atoms with Crippen molar-refractivity contribution in [2.24, 2.45) is 0 Å². The number of aliphatic carboxylic acids is 1. The SMILES string of the molecule is N#Cc1cc(Br)cc(Oc2c([N+](=O)[O-])ccc(CC(=O)O)c2F)c1. The highest BCUT2D eigenvalue weighted by molar-refractivity contribution is 9.10. The smallest absolute Gasteiger partial charge is 0.314 e. The van der Waals surface area contributed by atoms with Crippen LogP contribution in [0, 0.1) is 27.3 Å². The summed E-state index contributed by atoms with van der Waals surface area (Å²) in [5.41, 5.74) is -0.706. The lowest BCUT2D eigenvalue weighted by molar-refractivity contribution is -0.385. The van der Waals surface area contributed by atoms with Crippen LogP contribution in [0.2, 0.25) is 0 Å². The van der Waals surface area contributed by atoms with E-state index < -0.39 is 34.6 Å². The third kappa shape index (κ3) is 3.85. The van der Waals surface area contributed by atoms with E-state index >= 15 is 0 Å². The molecule has 0 unspecified atom stereocenters. The van der Waals surface area contributed by atoms with Crippen LogP contribution in [0.4, 0.5) is 10.1 Å². The van der Waals surface area contributed by atoms with Gasteiger partial charge < -0.3 is 9.84 Å². The molecule has 1 N–H and O–H groups in total. The number of carboxylic acids is 1. The van der Waals surface area contributed by atoms with Gasteiger partial charge in [0.25, 0.3) is 0 Å². The maximum absolute atomic E-state index is 14.5. The Labute approximate surface area is 143 Å². The van der Waals surface area contributed by atoms with Gasteiger partial charge in [0.2, 0.25) is 5.75 Å². The number of nitro benzene ring substituents is 1. The lowest BCUT2D eigenvalue weighted by Gasteiger charge is -2.10. The molecular weight excluding hydrogens is 387 g/mol. The number of hydrogen-bond acceptors (Lipinski definition) is 5. The number of hydrogen-bond donors (Lipinski definition) is 1. The molecule has 122 valence electrons. The van der Waals surface area contributed by atoms with E-state index in [1.54, 1.807) is 0 Å². The van der Waals surface area contributed by atoms with Crippen LogP contribution in [-0.4, -0.2) is 16.0 Å². The van der Waals surface area contributed by atoms with Gasteiger partial charge in [-0.2, -0.15) is 5.26 Å². The summed E-state index contributed by atoms with van der Waals surface area (Å²) in [5.74, 6) is -3.14. The lowest BCUT2D eigenvalue weighted by atomic mass is 10.1. The molecule has 0 amide bonds. The third-order valence-electron chi connectivity index (χ3n) is 2.91. The van der Waals surface area contributed by atoms with Crippen LogP contribution in [0.25, 0.3) is 0 Å². The van der Waals surface area contributed by atoms with Gasteiger partial charge in [0.1, 0.15) is 5.75 Å². The van der Waals surface area contributed by atoms with Crippen LogP contribution >= 0.6 is 15.9 Å². The Morgan fingerprint density at radius 1 is 1.42 bits per heavy atom. The maximum Gasteiger partial charge on any atom is 0.314 e. The highest BCUT2D eigenvalue weighted by Crippen LogP contribution is 2.37. The second kappa shape index (κ2) is 7.06. The van der Waals surface area contributed by atoms with Crippen molar-refractivity contribution in [1.82, 2.24) is 0 Å². The molecule has 0 saturated heterocycles. The Bertz CT molecular complexity index is 879. The molecule has 0 fully saturated rings. The molecular formula is C15H8BrFN2O5.